The number of H-pyrrole nitrogens is 2. The van der Waals surface area contributed by atoms with Gasteiger partial charge in [-0.3, -0.25) is 28.7 Å². The zero-order chi connectivity index (χ0) is 58.1. The standard InChI is InChI=1S/C22H24F3N9O.C20H20F3N9.C4H6O4.C2H3BO2.Na/c1-13-11-33(14(2)20(32(13)5-6-35)15-7-29-30-8-15)18-3-4-26-21(31-18)16-9-28-19-10-27-17(12-34(16)19)22(23,24)25;1-11-9-31(12(2)18(29-11)13-5-27-28-6-13)16-3-4-24-19(30-16)14-7-26-17-8-25-15(10-32(14)17)20(21,22)23;1-3(5)7-8-4(2)6;1-2(4)5-3;/h3-4,7-10,12-14,20,35H,5-6,11H2,1-2H3,(H,29,30);3-8,10-12,18,29H,9H2,1-2H3,(H,27,28);1-2H3;1H3;/q;;;-1;+1. The first-order valence-electron chi connectivity index (χ1n) is 24.3. The van der Waals surface area contributed by atoms with Crippen molar-refractivity contribution in [2.75, 3.05) is 36.0 Å². The number of alkyl halides is 6. The van der Waals surface area contributed by atoms with Crippen LogP contribution in [0.25, 0.3) is 34.3 Å². The number of halogens is 6. The summed E-state index contributed by atoms with van der Waals surface area (Å²) in [6.45, 7) is 13.8. The normalized spacial score (nSPS) is 19.2. The maximum Gasteiger partial charge on any atom is 1.00 e. The number of anilines is 2. The molecular weight excluding hydrogens is 1090 g/mol. The number of hydrogen-bond acceptors (Lipinski definition) is 21. The van der Waals surface area contributed by atoms with E-state index in [0.29, 0.717) is 42.7 Å². The maximum atomic E-state index is 13.2. The van der Waals surface area contributed by atoms with Crippen molar-refractivity contribution < 1.29 is 89.8 Å². The molecule has 10 heterocycles. The van der Waals surface area contributed by atoms with Gasteiger partial charge in [0.05, 0.1) is 55.9 Å². The van der Waals surface area contributed by atoms with E-state index in [-0.39, 0.29) is 95.4 Å². The van der Waals surface area contributed by atoms with E-state index in [2.05, 4.69) is 125 Å². The van der Waals surface area contributed by atoms with Crippen LogP contribution in [0.1, 0.15) is 83.1 Å². The molecule has 4 N–H and O–H groups in total. The molecule has 2 fully saturated rings. The average molecular weight is 1140 g/mol. The quantitative estimate of drug-likeness (QED) is 0.0733. The molecule has 0 saturated carbocycles. The number of β-amino-alcohol motifs (C(OH)–C–C–N with tert-alkyl or cyclic N) is 1. The smallest absolute Gasteiger partial charge is 0.793 e. The van der Waals surface area contributed by atoms with Gasteiger partial charge in [0, 0.05) is 113 Å². The fourth-order valence-corrected chi connectivity index (χ4v) is 8.98. The summed E-state index contributed by atoms with van der Waals surface area (Å²) >= 11 is 0. The first-order chi connectivity index (χ1) is 38.0. The predicted octanol–water partition coefficient (Wildman–Crippen LogP) is 2.08. The number of carbonyl (C=O) groups is 3. The molecule has 0 aromatic carbocycles. The molecule has 0 bridgehead atoms. The van der Waals surface area contributed by atoms with Gasteiger partial charge in [0.15, 0.2) is 34.3 Å². The number of aliphatic hydroxyl groups is 1. The molecule has 0 amide bonds. The van der Waals surface area contributed by atoms with Crippen molar-refractivity contribution >= 4 is 48.9 Å². The minimum Gasteiger partial charge on any atom is -0.793 e. The Hall–Kier alpha value is -7.65. The van der Waals surface area contributed by atoms with Crippen molar-refractivity contribution in [3.05, 3.63) is 109 Å². The van der Waals surface area contributed by atoms with Gasteiger partial charge in [0.2, 0.25) is 5.97 Å². The second-order valence-corrected chi connectivity index (χ2v) is 18.2. The van der Waals surface area contributed by atoms with E-state index in [4.69, 9.17) is 4.98 Å². The van der Waals surface area contributed by atoms with Crippen LogP contribution in [0.3, 0.4) is 0 Å². The molecule has 2 saturated heterocycles. The van der Waals surface area contributed by atoms with E-state index in [9.17, 15) is 45.8 Å². The number of carbonyl (C=O) groups excluding carboxylic acids is 3. The van der Waals surface area contributed by atoms with Crippen molar-refractivity contribution in [2.45, 2.75) is 97.1 Å². The van der Waals surface area contributed by atoms with Crippen LogP contribution < -0.4 is 44.7 Å². The van der Waals surface area contributed by atoms with Gasteiger partial charge >= 0.3 is 53.8 Å². The third-order valence-corrected chi connectivity index (χ3v) is 12.5. The Kier molecular flexibility index (Phi) is 21.0. The average Bonchev–Trinajstić information content (AvgIpc) is 4.47. The van der Waals surface area contributed by atoms with Crippen molar-refractivity contribution in [1.29, 1.82) is 0 Å². The summed E-state index contributed by atoms with van der Waals surface area (Å²) in [4.78, 5) is 76.6. The molecule has 81 heavy (non-hydrogen) atoms. The molecule has 8 aromatic rings. The van der Waals surface area contributed by atoms with Crippen LogP contribution >= 0.6 is 0 Å². The summed E-state index contributed by atoms with van der Waals surface area (Å²) in [6.07, 6.45) is 8.21. The summed E-state index contributed by atoms with van der Waals surface area (Å²) in [6, 6.07) is 3.85. The fourth-order valence-electron chi connectivity index (χ4n) is 8.98. The molecule has 2 aliphatic rings. The molecule has 3 radical (unpaired) electrons. The Labute approximate surface area is 481 Å². The van der Waals surface area contributed by atoms with E-state index >= 15 is 0 Å². The van der Waals surface area contributed by atoms with Gasteiger partial charge in [-0.25, -0.2) is 59.2 Å². The van der Waals surface area contributed by atoms with E-state index in [1.807, 2.05) is 12.4 Å². The van der Waals surface area contributed by atoms with Crippen molar-refractivity contribution in [1.82, 2.24) is 79.3 Å². The van der Waals surface area contributed by atoms with Gasteiger partial charge in [-0.1, -0.05) is 0 Å². The third-order valence-electron chi connectivity index (χ3n) is 12.5. The molecular formula is C48H53BF6N18NaO7. The topological polar surface area (TPSA) is 290 Å². The summed E-state index contributed by atoms with van der Waals surface area (Å²) in [5.74, 6) is 0.126. The zero-order valence-electron chi connectivity index (χ0n) is 44.8. The SMILES string of the molecule is CC(=O)OOC(C)=O.CC1C(c2cn[nH]c2)N(CCO)C(C)CN1c1ccnc(-c2cnc3cnc(C(F)(F)F)cn23)n1.CC1CN(c2ccnc(-c3cnc4cnc(C(F)(F)F)cn34)n2)C(C)C(c2cn[nH]c2)N1.[B-]OC(C)=O.[Na+]. The molecule has 8 aromatic heterocycles. The van der Waals surface area contributed by atoms with Gasteiger partial charge in [0.1, 0.15) is 23.0 Å². The number of aromatic amines is 2. The van der Waals surface area contributed by atoms with Gasteiger partial charge < -0.3 is 32.9 Å². The Morgan fingerprint density at radius 1 is 0.667 bits per heavy atom. The number of imidazole rings is 2. The molecule has 25 nitrogen and oxygen atoms in total. The van der Waals surface area contributed by atoms with Crippen LogP contribution in [0.15, 0.2) is 86.5 Å². The first-order valence-corrected chi connectivity index (χ1v) is 24.3. The van der Waals surface area contributed by atoms with Crippen molar-refractivity contribution in [2.24, 2.45) is 0 Å². The number of hydrogen-bond donors (Lipinski definition) is 4. The van der Waals surface area contributed by atoms with Crippen LogP contribution in [-0.4, -0.2) is 155 Å². The minimum atomic E-state index is -4.58. The Morgan fingerprint density at radius 3 is 1.56 bits per heavy atom. The number of nitrogens with one attached hydrogen (secondary N) is 3. The number of nitrogens with zero attached hydrogens (tertiary/aromatic N) is 15. The molecule has 33 heteroatoms. The Balaban J connectivity index is 0.000000213. The molecule has 10 rings (SSSR count). The number of aromatic nitrogens is 14. The Morgan fingerprint density at radius 2 is 1.14 bits per heavy atom. The van der Waals surface area contributed by atoms with Crippen LogP contribution in [0, 0.1) is 0 Å². The number of aliphatic hydroxyl groups excluding tert-OH is 1. The minimum absolute atomic E-state index is 0. The number of piperazine rings is 2. The fraction of sp³-hybridized carbons (Fsp3) is 0.396. The van der Waals surface area contributed by atoms with Crippen molar-refractivity contribution in [3.8, 4) is 23.0 Å². The van der Waals surface area contributed by atoms with E-state index in [1.54, 1.807) is 36.9 Å². The van der Waals surface area contributed by atoms with Crippen molar-refractivity contribution in [3.63, 3.8) is 0 Å². The van der Waals surface area contributed by atoms with Crippen LogP contribution in [0.5, 0.6) is 0 Å². The molecule has 6 atom stereocenters. The second kappa shape index (κ2) is 27.2. The van der Waals surface area contributed by atoms with E-state index in [1.165, 1.54) is 28.1 Å². The zero-order valence-corrected chi connectivity index (χ0v) is 46.8. The maximum absolute atomic E-state index is 13.2. The molecule has 6 unspecified atom stereocenters. The Bertz CT molecular complexity index is 3340. The summed E-state index contributed by atoms with van der Waals surface area (Å²) in [5, 5.41) is 27.1. The van der Waals surface area contributed by atoms with Gasteiger partial charge in [-0.2, -0.15) is 36.5 Å². The number of rotatable bonds is 8. The van der Waals surface area contributed by atoms with Gasteiger partial charge in [0.25, 0.3) is 0 Å². The van der Waals surface area contributed by atoms with Crippen LogP contribution in [0.4, 0.5) is 38.0 Å². The molecule has 0 spiro atoms. The summed E-state index contributed by atoms with van der Waals surface area (Å²) < 4.78 is 85.3. The first kappa shape index (κ1) is 62.6. The summed E-state index contributed by atoms with van der Waals surface area (Å²) in [7, 11) is 4.32. The predicted molar refractivity (Wildman–Crippen MR) is 271 cm³/mol. The molecule has 0 aliphatic carbocycles. The van der Waals surface area contributed by atoms with Crippen LogP contribution in [0.2, 0.25) is 0 Å². The second-order valence-electron chi connectivity index (χ2n) is 18.2. The van der Waals surface area contributed by atoms with Gasteiger partial charge in [-0.05, 0) is 39.8 Å². The molecule has 423 valence electrons. The monoisotopic (exact) mass is 1140 g/mol. The summed E-state index contributed by atoms with van der Waals surface area (Å²) in [5.41, 5.74) is 1.24. The molecule has 2 aliphatic heterocycles. The van der Waals surface area contributed by atoms with Gasteiger partial charge in [-0.15, -0.1) is 0 Å². The van der Waals surface area contributed by atoms with E-state index in [0.717, 1.165) is 49.8 Å². The third kappa shape index (κ3) is 15.4. The largest absolute Gasteiger partial charge is 1.00 e. The van der Waals surface area contributed by atoms with Crippen LogP contribution in [-0.2, 0) is 41.2 Å². The van der Waals surface area contributed by atoms with E-state index < -0.39 is 41.6 Å². The number of fused-ring (bicyclic) bond motifs is 2.